The van der Waals surface area contributed by atoms with Crippen LogP contribution in [0.5, 0.6) is 0 Å². The molecule has 0 bridgehead atoms. The quantitative estimate of drug-likeness (QED) is 0.588. The molecule has 0 aliphatic heterocycles. The van der Waals surface area contributed by atoms with E-state index in [4.69, 9.17) is 5.84 Å². The Morgan fingerprint density at radius 1 is 1.33 bits per heavy atom. The number of rotatable bonds is 6. The fourth-order valence-electron chi connectivity index (χ4n) is 4.08. The third-order valence-electron chi connectivity index (χ3n) is 4.74. The average Bonchev–Trinajstić information content (AvgIpc) is 2.99. The van der Waals surface area contributed by atoms with Crippen LogP contribution < -0.4 is 11.3 Å². The summed E-state index contributed by atoms with van der Waals surface area (Å²) in [7, 11) is 0. The third-order valence-corrected chi connectivity index (χ3v) is 5.35. The largest absolute Gasteiger partial charge is 0.271 e. The minimum Gasteiger partial charge on any atom is -0.271 e. The van der Waals surface area contributed by atoms with E-state index in [1.165, 1.54) is 37.8 Å². The molecule has 1 atom stereocenters. The smallest absolute Gasteiger partial charge is 0.0717 e. The SMILES string of the molecule is CC(C)CC1(C(NN)c2c(Br)cnn2C(C)C)CCCC1. The molecule has 1 aromatic heterocycles. The Hall–Kier alpha value is -0.390. The summed E-state index contributed by atoms with van der Waals surface area (Å²) in [6, 6.07) is 0.487. The van der Waals surface area contributed by atoms with Gasteiger partial charge in [0.25, 0.3) is 0 Å². The molecule has 0 amide bonds. The van der Waals surface area contributed by atoms with Crippen LogP contribution >= 0.6 is 15.9 Å². The molecule has 4 nitrogen and oxygen atoms in total. The van der Waals surface area contributed by atoms with E-state index >= 15 is 0 Å². The molecular weight excluding hydrogens is 328 g/mol. The summed E-state index contributed by atoms with van der Waals surface area (Å²) >= 11 is 3.69. The van der Waals surface area contributed by atoms with Crippen LogP contribution in [-0.2, 0) is 0 Å². The van der Waals surface area contributed by atoms with E-state index in [1.807, 2.05) is 6.20 Å². The molecule has 1 heterocycles. The van der Waals surface area contributed by atoms with Crippen LogP contribution in [0.3, 0.4) is 0 Å². The van der Waals surface area contributed by atoms with Crippen molar-refractivity contribution in [2.75, 3.05) is 0 Å². The molecule has 2 rings (SSSR count). The first-order valence-electron chi connectivity index (χ1n) is 8.10. The number of nitrogens with one attached hydrogen (secondary N) is 1. The van der Waals surface area contributed by atoms with Gasteiger partial charge in [0.15, 0.2) is 0 Å². The van der Waals surface area contributed by atoms with Gasteiger partial charge in [-0.1, -0.05) is 26.7 Å². The van der Waals surface area contributed by atoms with Crippen molar-refractivity contribution in [3.8, 4) is 0 Å². The Kier molecular flexibility index (Phi) is 5.49. The zero-order valence-electron chi connectivity index (χ0n) is 13.7. The van der Waals surface area contributed by atoms with Crippen LogP contribution in [0, 0.1) is 11.3 Å². The maximum absolute atomic E-state index is 6.03. The number of hydrazine groups is 1. The highest BCUT2D eigenvalue weighted by Gasteiger charge is 2.44. The van der Waals surface area contributed by atoms with E-state index in [9.17, 15) is 0 Å². The predicted molar refractivity (Wildman–Crippen MR) is 90.7 cm³/mol. The van der Waals surface area contributed by atoms with Crippen molar-refractivity contribution in [1.82, 2.24) is 15.2 Å². The van der Waals surface area contributed by atoms with E-state index in [0.29, 0.717) is 12.0 Å². The second-order valence-electron chi connectivity index (χ2n) is 7.18. The number of nitrogens with zero attached hydrogens (tertiary/aromatic N) is 2. The van der Waals surface area contributed by atoms with Gasteiger partial charge in [-0.2, -0.15) is 5.10 Å². The molecule has 1 aliphatic carbocycles. The monoisotopic (exact) mass is 356 g/mol. The molecule has 120 valence electrons. The fourth-order valence-corrected chi connectivity index (χ4v) is 4.58. The van der Waals surface area contributed by atoms with Gasteiger partial charge >= 0.3 is 0 Å². The molecule has 5 heteroatoms. The van der Waals surface area contributed by atoms with Crippen molar-refractivity contribution in [3.05, 3.63) is 16.4 Å². The normalized spacial score (nSPS) is 19.6. The standard InChI is InChI=1S/C16H29BrN4/c1-11(2)9-16(7-5-6-8-16)15(20-18)14-13(17)10-19-21(14)12(3)4/h10-12,15,20H,5-9,18H2,1-4H3. The summed E-state index contributed by atoms with van der Waals surface area (Å²) in [5.74, 6) is 6.70. The van der Waals surface area contributed by atoms with Gasteiger partial charge in [-0.3, -0.25) is 16.0 Å². The number of halogens is 1. The Labute approximate surface area is 137 Å². The molecule has 1 fully saturated rings. The minimum atomic E-state index is 0.154. The second-order valence-corrected chi connectivity index (χ2v) is 8.04. The maximum atomic E-state index is 6.03. The molecule has 21 heavy (non-hydrogen) atoms. The van der Waals surface area contributed by atoms with Crippen LogP contribution in [0.1, 0.15) is 77.6 Å². The van der Waals surface area contributed by atoms with Gasteiger partial charge in [0.2, 0.25) is 0 Å². The molecule has 0 saturated heterocycles. The molecule has 1 aliphatic rings. The second kappa shape index (κ2) is 6.80. The Morgan fingerprint density at radius 3 is 2.43 bits per heavy atom. The molecule has 1 unspecified atom stereocenters. The van der Waals surface area contributed by atoms with E-state index in [-0.39, 0.29) is 11.5 Å². The van der Waals surface area contributed by atoms with Gasteiger partial charge in [0, 0.05) is 6.04 Å². The lowest BCUT2D eigenvalue weighted by atomic mass is 9.71. The van der Waals surface area contributed by atoms with Crippen molar-refractivity contribution in [2.24, 2.45) is 17.2 Å². The average molecular weight is 357 g/mol. The molecule has 0 spiro atoms. The Morgan fingerprint density at radius 2 is 1.95 bits per heavy atom. The van der Waals surface area contributed by atoms with Gasteiger partial charge in [-0.05, 0) is 60.4 Å². The van der Waals surface area contributed by atoms with Crippen molar-refractivity contribution in [3.63, 3.8) is 0 Å². The summed E-state index contributed by atoms with van der Waals surface area (Å²) < 4.78 is 3.17. The first-order chi connectivity index (χ1) is 9.91. The maximum Gasteiger partial charge on any atom is 0.0717 e. The van der Waals surface area contributed by atoms with Gasteiger partial charge in [0.1, 0.15) is 0 Å². The molecule has 1 aromatic rings. The molecule has 0 aromatic carbocycles. The minimum absolute atomic E-state index is 0.154. The molecule has 1 saturated carbocycles. The first kappa shape index (κ1) is 17.0. The highest BCUT2D eigenvalue weighted by atomic mass is 79.9. The number of hydrogen-bond acceptors (Lipinski definition) is 3. The molecular formula is C16H29BrN4. The first-order valence-corrected chi connectivity index (χ1v) is 8.89. The van der Waals surface area contributed by atoms with Crippen molar-refractivity contribution in [2.45, 2.75) is 71.9 Å². The Balaban J connectivity index is 2.44. The Bertz CT molecular complexity index is 461. The fraction of sp³-hybridized carbons (Fsp3) is 0.812. The van der Waals surface area contributed by atoms with Crippen LogP contribution in [0.4, 0.5) is 0 Å². The van der Waals surface area contributed by atoms with Crippen molar-refractivity contribution < 1.29 is 0 Å². The summed E-state index contributed by atoms with van der Waals surface area (Å²) in [6.07, 6.45) is 8.21. The van der Waals surface area contributed by atoms with Crippen molar-refractivity contribution >= 4 is 15.9 Å². The van der Waals surface area contributed by atoms with Crippen LogP contribution in [0.25, 0.3) is 0 Å². The highest BCUT2D eigenvalue weighted by Crippen LogP contribution is 2.52. The van der Waals surface area contributed by atoms with E-state index in [0.717, 1.165) is 4.47 Å². The summed E-state index contributed by atoms with van der Waals surface area (Å²) in [6.45, 7) is 8.95. The number of aromatic nitrogens is 2. The number of nitrogens with two attached hydrogens (primary N) is 1. The third kappa shape index (κ3) is 3.35. The van der Waals surface area contributed by atoms with Crippen LogP contribution in [0.2, 0.25) is 0 Å². The summed E-state index contributed by atoms with van der Waals surface area (Å²) in [4.78, 5) is 0. The summed E-state index contributed by atoms with van der Waals surface area (Å²) in [5, 5.41) is 4.54. The van der Waals surface area contributed by atoms with Crippen molar-refractivity contribution in [1.29, 1.82) is 0 Å². The lowest BCUT2D eigenvalue weighted by Crippen LogP contribution is -2.42. The van der Waals surface area contributed by atoms with Crippen LogP contribution in [-0.4, -0.2) is 9.78 Å². The van der Waals surface area contributed by atoms with Gasteiger partial charge in [-0.15, -0.1) is 0 Å². The van der Waals surface area contributed by atoms with E-state index in [1.54, 1.807) is 0 Å². The van der Waals surface area contributed by atoms with Gasteiger partial charge < -0.3 is 0 Å². The van der Waals surface area contributed by atoms with Gasteiger partial charge in [-0.25, -0.2) is 0 Å². The predicted octanol–water partition coefficient (Wildman–Crippen LogP) is 4.34. The lowest BCUT2D eigenvalue weighted by Gasteiger charge is -2.39. The number of hydrogen-bond donors (Lipinski definition) is 2. The van der Waals surface area contributed by atoms with Crippen LogP contribution in [0.15, 0.2) is 10.7 Å². The topological polar surface area (TPSA) is 55.9 Å². The molecule has 3 N–H and O–H groups in total. The highest BCUT2D eigenvalue weighted by molar-refractivity contribution is 9.10. The zero-order chi connectivity index (χ0) is 15.6. The summed E-state index contributed by atoms with van der Waals surface area (Å²) in [5.41, 5.74) is 4.59. The lowest BCUT2D eigenvalue weighted by molar-refractivity contribution is 0.147. The molecule has 0 radical (unpaired) electrons. The zero-order valence-corrected chi connectivity index (χ0v) is 15.3. The van der Waals surface area contributed by atoms with E-state index in [2.05, 4.69) is 58.8 Å². The van der Waals surface area contributed by atoms with E-state index < -0.39 is 0 Å². The van der Waals surface area contributed by atoms with Gasteiger partial charge in [0.05, 0.1) is 22.4 Å².